The molecule has 0 aliphatic heterocycles. The van der Waals surface area contributed by atoms with E-state index in [9.17, 15) is 0 Å². The van der Waals surface area contributed by atoms with Gasteiger partial charge in [0.1, 0.15) is 0 Å². The van der Waals surface area contributed by atoms with Crippen molar-refractivity contribution >= 4 is 0 Å². The fourth-order valence-corrected chi connectivity index (χ4v) is 3.34. The summed E-state index contributed by atoms with van der Waals surface area (Å²) in [4.78, 5) is 0. The zero-order chi connectivity index (χ0) is 12.7. The number of hydrogen-bond acceptors (Lipinski definition) is 2. The lowest BCUT2D eigenvalue weighted by Gasteiger charge is -2.46. The van der Waals surface area contributed by atoms with Crippen molar-refractivity contribution in [3.8, 4) is 0 Å². The molecule has 0 radical (unpaired) electrons. The molecule has 2 unspecified atom stereocenters. The van der Waals surface area contributed by atoms with Gasteiger partial charge in [0.15, 0.2) is 0 Å². The average molecular weight is 241 g/mol. The molecule has 1 aliphatic carbocycles. The summed E-state index contributed by atoms with van der Waals surface area (Å²) in [5.74, 6) is 0.694. The quantitative estimate of drug-likeness (QED) is 0.733. The highest BCUT2D eigenvalue weighted by molar-refractivity contribution is 4.97. The predicted octanol–water partition coefficient (Wildman–Crippen LogP) is 3.75. The van der Waals surface area contributed by atoms with Gasteiger partial charge in [0, 0.05) is 12.6 Å². The Kier molecular flexibility index (Phi) is 6.50. The number of hydrogen-bond donors (Lipinski definition) is 1. The first-order valence-corrected chi connectivity index (χ1v) is 7.57. The lowest BCUT2D eigenvalue weighted by Crippen LogP contribution is -2.56. The second-order valence-electron chi connectivity index (χ2n) is 5.48. The maximum Gasteiger partial charge on any atom is 0.0837 e. The third-order valence-electron chi connectivity index (χ3n) is 4.34. The van der Waals surface area contributed by atoms with E-state index in [4.69, 9.17) is 4.74 Å². The zero-order valence-corrected chi connectivity index (χ0v) is 12.2. The van der Waals surface area contributed by atoms with Crippen LogP contribution in [0.2, 0.25) is 0 Å². The van der Waals surface area contributed by atoms with Crippen molar-refractivity contribution in [3.63, 3.8) is 0 Å². The second-order valence-corrected chi connectivity index (χ2v) is 5.48. The van der Waals surface area contributed by atoms with Gasteiger partial charge in [-0.05, 0) is 32.2 Å². The minimum atomic E-state index is 0.110. The molecule has 1 saturated carbocycles. The van der Waals surface area contributed by atoms with E-state index < -0.39 is 0 Å². The van der Waals surface area contributed by atoms with Crippen molar-refractivity contribution in [2.24, 2.45) is 5.92 Å². The molecule has 0 aromatic rings. The molecule has 0 saturated heterocycles. The van der Waals surface area contributed by atoms with Gasteiger partial charge < -0.3 is 10.1 Å². The van der Waals surface area contributed by atoms with E-state index >= 15 is 0 Å². The van der Waals surface area contributed by atoms with E-state index in [1.54, 1.807) is 0 Å². The molecule has 1 fully saturated rings. The monoisotopic (exact) mass is 241 g/mol. The number of likely N-dealkylation sites (N-methyl/N-ethyl adjacent to an activating group) is 1. The summed E-state index contributed by atoms with van der Waals surface area (Å²) in [5.41, 5.74) is 0.110. The van der Waals surface area contributed by atoms with Crippen molar-refractivity contribution in [1.82, 2.24) is 5.32 Å². The Labute approximate surface area is 108 Å². The molecule has 2 heteroatoms. The number of nitrogens with one attached hydrogen (secondary N) is 1. The largest absolute Gasteiger partial charge is 0.374 e. The predicted molar refractivity (Wildman–Crippen MR) is 74.4 cm³/mol. The Bertz CT molecular complexity index is 194. The highest BCUT2D eigenvalue weighted by atomic mass is 16.5. The van der Waals surface area contributed by atoms with E-state index in [2.05, 4.69) is 33.0 Å². The van der Waals surface area contributed by atoms with Crippen LogP contribution in [-0.4, -0.2) is 24.8 Å². The van der Waals surface area contributed by atoms with E-state index in [-0.39, 0.29) is 5.60 Å². The van der Waals surface area contributed by atoms with Crippen molar-refractivity contribution in [1.29, 1.82) is 0 Å². The second kappa shape index (κ2) is 7.38. The van der Waals surface area contributed by atoms with Gasteiger partial charge in [-0.2, -0.15) is 0 Å². The summed E-state index contributed by atoms with van der Waals surface area (Å²) in [5, 5.41) is 3.70. The van der Waals surface area contributed by atoms with Crippen molar-refractivity contribution in [2.45, 2.75) is 77.9 Å². The van der Waals surface area contributed by atoms with Crippen LogP contribution in [0.25, 0.3) is 0 Å². The van der Waals surface area contributed by atoms with Crippen LogP contribution in [0.1, 0.15) is 66.2 Å². The first kappa shape index (κ1) is 15.0. The van der Waals surface area contributed by atoms with E-state index in [0.29, 0.717) is 12.0 Å². The highest BCUT2D eigenvalue weighted by Gasteiger charge is 2.42. The van der Waals surface area contributed by atoms with Gasteiger partial charge in [-0.25, -0.2) is 0 Å². The van der Waals surface area contributed by atoms with Crippen molar-refractivity contribution in [3.05, 3.63) is 0 Å². The summed E-state index contributed by atoms with van der Waals surface area (Å²) >= 11 is 0. The average Bonchev–Trinajstić information content (AvgIpc) is 2.36. The Hall–Kier alpha value is -0.0800. The fraction of sp³-hybridized carbons (Fsp3) is 1.00. The van der Waals surface area contributed by atoms with Gasteiger partial charge in [0.2, 0.25) is 0 Å². The van der Waals surface area contributed by atoms with Crippen LogP contribution in [0.5, 0.6) is 0 Å². The number of rotatable bonds is 7. The summed E-state index contributed by atoms with van der Waals surface area (Å²) in [7, 11) is 0. The Morgan fingerprint density at radius 3 is 2.24 bits per heavy atom. The van der Waals surface area contributed by atoms with E-state index in [0.717, 1.165) is 13.2 Å². The van der Waals surface area contributed by atoms with Crippen molar-refractivity contribution < 1.29 is 4.74 Å². The van der Waals surface area contributed by atoms with E-state index in [1.165, 1.54) is 38.5 Å². The smallest absolute Gasteiger partial charge is 0.0837 e. The minimum absolute atomic E-state index is 0.110. The third kappa shape index (κ3) is 3.69. The number of ether oxygens (including phenoxy) is 1. The van der Waals surface area contributed by atoms with Crippen LogP contribution < -0.4 is 5.32 Å². The molecule has 0 heterocycles. The Balaban J connectivity index is 2.82. The Morgan fingerprint density at radius 1 is 1.12 bits per heavy atom. The summed E-state index contributed by atoms with van der Waals surface area (Å²) in [6.07, 6.45) is 7.75. The molecule has 102 valence electrons. The highest BCUT2D eigenvalue weighted by Crippen LogP contribution is 2.37. The van der Waals surface area contributed by atoms with Crippen LogP contribution in [0, 0.1) is 5.92 Å². The summed E-state index contributed by atoms with van der Waals surface area (Å²) < 4.78 is 6.25. The minimum Gasteiger partial charge on any atom is -0.374 e. The fourth-order valence-electron chi connectivity index (χ4n) is 3.34. The molecule has 1 N–H and O–H groups in total. The summed E-state index contributed by atoms with van der Waals surface area (Å²) in [6, 6.07) is 0.526. The lowest BCUT2D eigenvalue weighted by molar-refractivity contribution is -0.101. The SMILES string of the molecule is CCNC(C(C)CC)C1(OCC)CCCCC1. The molecule has 2 atom stereocenters. The lowest BCUT2D eigenvalue weighted by atomic mass is 9.74. The van der Waals surface area contributed by atoms with Gasteiger partial charge in [0.05, 0.1) is 5.60 Å². The van der Waals surface area contributed by atoms with Gasteiger partial charge in [0.25, 0.3) is 0 Å². The maximum absolute atomic E-state index is 6.25. The van der Waals surface area contributed by atoms with Gasteiger partial charge in [-0.1, -0.05) is 46.5 Å². The van der Waals surface area contributed by atoms with Crippen molar-refractivity contribution in [2.75, 3.05) is 13.2 Å². The van der Waals surface area contributed by atoms with E-state index in [1.807, 2.05) is 0 Å². The third-order valence-corrected chi connectivity index (χ3v) is 4.34. The van der Waals surface area contributed by atoms with Crippen LogP contribution in [0.3, 0.4) is 0 Å². The molecule has 0 bridgehead atoms. The standard InChI is InChI=1S/C15H31NO/c1-5-13(4)14(16-6-2)15(17-7-3)11-9-8-10-12-15/h13-14,16H,5-12H2,1-4H3. The molecule has 0 aromatic heterocycles. The molecule has 1 rings (SSSR count). The molecule has 0 aromatic carbocycles. The molecular formula is C15H31NO. The van der Waals surface area contributed by atoms with Crippen LogP contribution in [-0.2, 0) is 4.74 Å². The van der Waals surface area contributed by atoms with Crippen LogP contribution >= 0.6 is 0 Å². The molecular weight excluding hydrogens is 210 g/mol. The van der Waals surface area contributed by atoms with Gasteiger partial charge in [-0.15, -0.1) is 0 Å². The maximum atomic E-state index is 6.25. The molecule has 2 nitrogen and oxygen atoms in total. The zero-order valence-electron chi connectivity index (χ0n) is 12.2. The topological polar surface area (TPSA) is 21.3 Å². The molecule has 1 aliphatic rings. The normalized spacial score (nSPS) is 23.3. The first-order chi connectivity index (χ1) is 8.20. The Morgan fingerprint density at radius 2 is 1.76 bits per heavy atom. The summed E-state index contributed by atoms with van der Waals surface area (Å²) in [6.45, 7) is 10.9. The molecule has 0 amide bonds. The van der Waals surface area contributed by atoms with Gasteiger partial charge in [-0.3, -0.25) is 0 Å². The van der Waals surface area contributed by atoms with Gasteiger partial charge >= 0.3 is 0 Å². The molecule has 0 spiro atoms. The molecule has 17 heavy (non-hydrogen) atoms. The first-order valence-electron chi connectivity index (χ1n) is 7.57. The van der Waals surface area contributed by atoms with Crippen LogP contribution in [0.15, 0.2) is 0 Å². The van der Waals surface area contributed by atoms with Crippen LogP contribution in [0.4, 0.5) is 0 Å².